The molecule has 150 valence electrons. The minimum Gasteiger partial charge on any atom is -0.498 e. The number of aromatic amines is 2. The number of nitrogens with zero attached hydrogens (tertiary/aromatic N) is 2. The summed E-state index contributed by atoms with van der Waals surface area (Å²) >= 11 is 5.86. The average molecular weight is 415 g/mol. The maximum Gasteiger partial charge on any atom is 0.323 e. The summed E-state index contributed by atoms with van der Waals surface area (Å²) in [6, 6.07) is 6.41. The molecule has 4 rings (SSSR count). The van der Waals surface area contributed by atoms with Crippen molar-refractivity contribution in [2.45, 2.75) is 12.5 Å². The van der Waals surface area contributed by atoms with Crippen LogP contribution in [0.4, 0.5) is 16.2 Å². The fourth-order valence-corrected chi connectivity index (χ4v) is 3.22. The maximum absolute atomic E-state index is 12.3. The Balaban J connectivity index is 1.53. The van der Waals surface area contributed by atoms with Crippen LogP contribution in [-0.4, -0.2) is 46.5 Å². The van der Waals surface area contributed by atoms with E-state index < -0.39 is 6.03 Å². The van der Waals surface area contributed by atoms with Crippen molar-refractivity contribution in [3.05, 3.63) is 52.6 Å². The zero-order chi connectivity index (χ0) is 20.4. The molecule has 2 heterocycles. The van der Waals surface area contributed by atoms with Crippen LogP contribution in [0.1, 0.15) is 11.4 Å². The van der Waals surface area contributed by atoms with E-state index in [-0.39, 0.29) is 6.10 Å². The Labute approximate surface area is 171 Å². The average Bonchev–Trinajstić information content (AvgIpc) is 3.34. The van der Waals surface area contributed by atoms with Crippen molar-refractivity contribution in [1.82, 2.24) is 20.2 Å². The Kier molecular flexibility index (Phi) is 5.24. The van der Waals surface area contributed by atoms with Gasteiger partial charge in [-0.05, 0) is 24.3 Å². The molecule has 29 heavy (non-hydrogen) atoms. The second-order valence-corrected chi connectivity index (χ2v) is 6.80. The third-order valence-electron chi connectivity index (χ3n) is 4.53. The number of urea groups is 1. The van der Waals surface area contributed by atoms with Gasteiger partial charge in [-0.25, -0.2) is 9.78 Å². The van der Waals surface area contributed by atoms with Crippen molar-refractivity contribution in [2.24, 2.45) is 0 Å². The number of nitrogens with one attached hydrogen (secondary N) is 4. The minimum absolute atomic E-state index is 0.178. The molecule has 2 amide bonds. The number of carbonyl (C=O) groups is 1. The van der Waals surface area contributed by atoms with Crippen LogP contribution in [0.2, 0.25) is 5.02 Å². The fourth-order valence-electron chi connectivity index (χ4n) is 3.10. The molecule has 9 nitrogen and oxygen atoms in total. The highest BCUT2D eigenvalue weighted by molar-refractivity contribution is 6.30. The number of rotatable bonds is 5. The number of anilines is 2. The Morgan fingerprint density at radius 3 is 2.76 bits per heavy atom. The van der Waals surface area contributed by atoms with Crippen LogP contribution in [0, 0.1) is 0 Å². The van der Waals surface area contributed by atoms with Crippen LogP contribution in [0.25, 0.3) is 17.6 Å². The van der Waals surface area contributed by atoms with Crippen LogP contribution < -0.4 is 10.6 Å². The van der Waals surface area contributed by atoms with Crippen molar-refractivity contribution in [1.29, 1.82) is 0 Å². The number of ether oxygens (including phenoxy) is 2. The van der Waals surface area contributed by atoms with Crippen LogP contribution in [0.5, 0.6) is 0 Å². The zero-order valence-electron chi connectivity index (χ0n) is 15.7. The first-order valence-corrected chi connectivity index (χ1v) is 9.20. The molecule has 2 aromatic heterocycles. The summed E-state index contributed by atoms with van der Waals surface area (Å²) in [5.74, 6) is 1.24. The number of imidazole rings is 1. The van der Waals surface area contributed by atoms with Crippen LogP contribution >= 0.6 is 11.6 Å². The highest BCUT2D eigenvalue weighted by Crippen LogP contribution is 2.29. The number of hydrogen-bond acceptors (Lipinski definition) is 5. The number of methoxy groups -OCH3 is 2. The quantitative estimate of drug-likeness (QED) is 0.508. The molecular weight excluding hydrogens is 396 g/mol. The van der Waals surface area contributed by atoms with Gasteiger partial charge in [-0.15, -0.1) is 0 Å². The van der Waals surface area contributed by atoms with E-state index in [1.807, 2.05) is 6.08 Å². The molecule has 1 aromatic carbocycles. The number of fused-ring (bicyclic) bond motifs is 1. The number of benzene rings is 1. The highest BCUT2D eigenvalue weighted by atomic mass is 35.5. The molecule has 0 saturated heterocycles. The van der Waals surface area contributed by atoms with E-state index in [2.05, 4.69) is 30.8 Å². The van der Waals surface area contributed by atoms with E-state index in [1.54, 1.807) is 44.7 Å². The third kappa shape index (κ3) is 3.96. The molecule has 3 aromatic rings. The molecule has 1 atom stereocenters. The molecule has 0 fully saturated rings. The van der Waals surface area contributed by atoms with Gasteiger partial charge < -0.3 is 25.1 Å². The van der Waals surface area contributed by atoms with E-state index in [0.717, 1.165) is 11.4 Å². The molecule has 0 saturated carbocycles. The van der Waals surface area contributed by atoms with E-state index in [4.69, 9.17) is 21.1 Å². The van der Waals surface area contributed by atoms with E-state index in [9.17, 15) is 4.79 Å². The van der Waals surface area contributed by atoms with Gasteiger partial charge in [-0.2, -0.15) is 5.10 Å². The molecule has 1 aliphatic rings. The fraction of sp³-hybridized carbons (Fsp3) is 0.211. The number of aromatic nitrogens is 4. The second kappa shape index (κ2) is 7.98. The van der Waals surface area contributed by atoms with E-state index >= 15 is 0 Å². The lowest BCUT2D eigenvalue weighted by Gasteiger charge is -2.20. The van der Waals surface area contributed by atoms with E-state index in [0.29, 0.717) is 40.1 Å². The minimum atomic E-state index is -0.410. The first-order chi connectivity index (χ1) is 14.1. The summed E-state index contributed by atoms with van der Waals surface area (Å²) in [5, 5.41) is 13.1. The van der Waals surface area contributed by atoms with Crippen molar-refractivity contribution >= 4 is 35.1 Å². The third-order valence-corrected chi connectivity index (χ3v) is 4.78. The normalized spacial score (nSPS) is 15.4. The molecule has 0 aliphatic heterocycles. The predicted molar refractivity (Wildman–Crippen MR) is 110 cm³/mol. The Morgan fingerprint density at radius 1 is 1.24 bits per heavy atom. The maximum atomic E-state index is 12.3. The molecule has 0 radical (unpaired) electrons. The van der Waals surface area contributed by atoms with Crippen LogP contribution in [-0.2, 0) is 15.9 Å². The molecule has 0 spiro atoms. The number of carbonyl (C=O) groups excluding carboxylic acids is 1. The van der Waals surface area contributed by atoms with Gasteiger partial charge in [0.05, 0.1) is 18.5 Å². The van der Waals surface area contributed by atoms with Gasteiger partial charge in [0.25, 0.3) is 0 Å². The van der Waals surface area contributed by atoms with Crippen molar-refractivity contribution in [3.63, 3.8) is 0 Å². The van der Waals surface area contributed by atoms with Crippen molar-refractivity contribution < 1.29 is 14.3 Å². The SMILES string of the molecule is COC1=Cc2nc(-c3n[nH]cc3NC(=O)Nc3ccc(Cl)cc3)[nH]c2CC1OC. The van der Waals surface area contributed by atoms with Crippen LogP contribution in [0.15, 0.2) is 36.2 Å². The first-order valence-electron chi connectivity index (χ1n) is 8.82. The lowest BCUT2D eigenvalue weighted by Crippen LogP contribution is -2.22. The van der Waals surface area contributed by atoms with Gasteiger partial charge in [-0.1, -0.05) is 11.6 Å². The molecule has 10 heteroatoms. The molecule has 1 unspecified atom stereocenters. The molecule has 4 N–H and O–H groups in total. The topological polar surface area (TPSA) is 117 Å². The number of hydrogen-bond donors (Lipinski definition) is 4. The van der Waals surface area contributed by atoms with Gasteiger partial charge in [0.2, 0.25) is 0 Å². The van der Waals surface area contributed by atoms with Gasteiger partial charge in [-0.3, -0.25) is 5.10 Å². The second-order valence-electron chi connectivity index (χ2n) is 6.36. The Hall–Kier alpha value is -3.30. The Morgan fingerprint density at radius 2 is 2.03 bits per heavy atom. The van der Waals surface area contributed by atoms with Crippen molar-refractivity contribution in [2.75, 3.05) is 24.9 Å². The predicted octanol–water partition coefficient (Wildman–Crippen LogP) is 3.66. The summed E-state index contributed by atoms with van der Waals surface area (Å²) in [5.41, 5.74) is 3.26. The van der Waals surface area contributed by atoms with Gasteiger partial charge in [0.1, 0.15) is 11.9 Å². The van der Waals surface area contributed by atoms with Gasteiger partial charge in [0, 0.05) is 42.2 Å². The first kappa shape index (κ1) is 19.0. The largest absolute Gasteiger partial charge is 0.498 e. The standard InChI is InChI=1S/C19H19ClN6O3/c1-28-15-7-12-13(8-16(15)29-2)24-18(23-12)17-14(9-21-26-17)25-19(27)22-11-5-3-10(20)4-6-11/h3-7,9,16H,8H2,1-2H3,(H,21,26)(H,23,24)(H2,22,25,27). The summed E-state index contributed by atoms with van der Waals surface area (Å²) in [6.45, 7) is 0. The lowest BCUT2D eigenvalue weighted by atomic mass is 10.0. The lowest BCUT2D eigenvalue weighted by molar-refractivity contribution is 0.0788. The number of halogens is 1. The number of amides is 2. The molecule has 0 bridgehead atoms. The summed E-state index contributed by atoms with van der Waals surface area (Å²) < 4.78 is 10.8. The van der Waals surface area contributed by atoms with Gasteiger partial charge in [0.15, 0.2) is 11.5 Å². The summed E-state index contributed by atoms with van der Waals surface area (Å²) in [7, 11) is 3.24. The van der Waals surface area contributed by atoms with E-state index in [1.165, 1.54) is 0 Å². The Bertz CT molecular complexity index is 1060. The van der Waals surface area contributed by atoms with Gasteiger partial charge >= 0.3 is 6.03 Å². The highest BCUT2D eigenvalue weighted by Gasteiger charge is 2.26. The smallest absolute Gasteiger partial charge is 0.323 e. The molecule has 1 aliphatic carbocycles. The summed E-state index contributed by atoms with van der Waals surface area (Å²) in [4.78, 5) is 20.2. The monoisotopic (exact) mass is 414 g/mol. The van der Waals surface area contributed by atoms with Crippen molar-refractivity contribution in [3.8, 4) is 11.5 Å². The van der Waals surface area contributed by atoms with Crippen LogP contribution in [0.3, 0.4) is 0 Å². The number of H-pyrrole nitrogens is 2. The molecular formula is C19H19ClN6O3. The summed E-state index contributed by atoms with van der Waals surface area (Å²) in [6.07, 6.45) is 3.85. The zero-order valence-corrected chi connectivity index (χ0v) is 16.5.